The van der Waals surface area contributed by atoms with E-state index in [1.54, 1.807) is 0 Å². The van der Waals surface area contributed by atoms with E-state index in [2.05, 4.69) is 23.6 Å². The molecular formula is C16H29N3. The van der Waals surface area contributed by atoms with Gasteiger partial charge >= 0.3 is 0 Å². The quantitative estimate of drug-likeness (QED) is 0.801. The Bertz CT molecular complexity index is 291. The molecule has 1 saturated heterocycles. The van der Waals surface area contributed by atoms with Crippen LogP contribution in [0.15, 0.2) is 0 Å². The lowest BCUT2D eigenvalue weighted by Gasteiger charge is -2.41. The second kappa shape index (κ2) is 7.87. The number of piperidine rings is 1. The van der Waals surface area contributed by atoms with Crippen LogP contribution in [-0.2, 0) is 0 Å². The molecule has 3 heteroatoms. The number of rotatable bonds is 5. The zero-order valence-corrected chi connectivity index (χ0v) is 12.3. The summed E-state index contributed by atoms with van der Waals surface area (Å²) >= 11 is 0. The molecule has 0 aromatic carbocycles. The first-order valence-corrected chi connectivity index (χ1v) is 8.21. The van der Waals surface area contributed by atoms with Crippen molar-refractivity contribution in [3.8, 4) is 6.07 Å². The van der Waals surface area contributed by atoms with Gasteiger partial charge in [-0.1, -0.05) is 26.2 Å². The predicted octanol–water partition coefficient (Wildman–Crippen LogP) is 2.97. The van der Waals surface area contributed by atoms with Gasteiger partial charge in [0.2, 0.25) is 0 Å². The number of hydrogen-bond donors (Lipinski definition) is 2. The molecule has 0 radical (unpaired) electrons. The molecule has 2 aliphatic rings. The second-order valence-electron chi connectivity index (χ2n) is 6.25. The van der Waals surface area contributed by atoms with Crippen molar-refractivity contribution in [2.75, 3.05) is 6.54 Å². The summed E-state index contributed by atoms with van der Waals surface area (Å²) in [6.45, 7) is 3.38. The molecule has 1 heterocycles. The fraction of sp³-hybridized carbons (Fsp3) is 0.938. The van der Waals surface area contributed by atoms with Crippen LogP contribution in [0.3, 0.4) is 0 Å². The molecule has 2 fully saturated rings. The molecule has 108 valence electrons. The molecule has 2 rings (SSSR count). The summed E-state index contributed by atoms with van der Waals surface area (Å²) in [5.74, 6) is 0.779. The number of hydrogen-bond acceptors (Lipinski definition) is 3. The molecular weight excluding hydrogens is 234 g/mol. The second-order valence-corrected chi connectivity index (χ2v) is 6.25. The zero-order chi connectivity index (χ0) is 13.5. The number of nitrogens with one attached hydrogen (secondary N) is 2. The third-order valence-corrected chi connectivity index (χ3v) is 4.96. The van der Waals surface area contributed by atoms with E-state index in [1.165, 1.54) is 51.5 Å². The average molecular weight is 263 g/mol. The zero-order valence-electron chi connectivity index (χ0n) is 12.3. The molecule has 0 spiro atoms. The highest BCUT2D eigenvalue weighted by Gasteiger charge is 2.33. The lowest BCUT2D eigenvalue weighted by Crippen LogP contribution is -2.52. The number of nitriles is 1. The topological polar surface area (TPSA) is 47.9 Å². The van der Waals surface area contributed by atoms with Crippen molar-refractivity contribution in [3.63, 3.8) is 0 Å². The van der Waals surface area contributed by atoms with Crippen molar-refractivity contribution < 1.29 is 0 Å². The molecule has 1 aliphatic carbocycles. The molecule has 1 aliphatic heterocycles. The Morgan fingerprint density at radius 1 is 1.21 bits per heavy atom. The van der Waals surface area contributed by atoms with E-state index in [0.717, 1.165) is 12.3 Å². The average Bonchev–Trinajstić information content (AvgIpc) is 2.48. The van der Waals surface area contributed by atoms with Gasteiger partial charge in [-0.2, -0.15) is 5.26 Å². The van der Waals surface area contributed by atoms with Gasteiger partial charge in [-0.15, -0.1) is 0 Å². The lowest BCUT2D eigenvalue weighted by atomic mass is 9.77. The largest absolute Gasteiger partial charge is 0.314 e. The SMILES string of the molecule is CCC(CC#N)NC1CCCCC1C1CCCCN1. The summed E-state index contributed by atoms with van der Waals surface area (Å²) in [4.78, 5) is 0. The van der Waals surface area contributed by atoms with Gasteiger partial charge in [0.05, 0.1) is 12.5 Å². The molecule has 0 bridgehead atoms. The Morgan fingerprint density at radius 3 is 2.68 bits per heavy atom. The van der Waals surface area contributed by atoms with Crippen LogP contribution in [0.1, 0.15) is 64.7 Å². The van der Waals surface area contributed by atoms with Gasteiger partial charge in [-0.25, -0.2) is 0 Å². The molecule has 4 unspecified atom stereocenters. The van der Waals surface area contributed by atoms with E-state index in [9.17, 15) is 0 Å². The van der Waals surface area contributed by atoms with Crippen LogP contribution in [0.2, 0.25) is 0 Å². The van der Waals surface area contributed by atoms with Crippen molar-refractivity contribution in [2.24, 2.45) is 5.92 Å². The molecule has 0 aromatic rings. The summed E-state index contributed by atoms with van der Waals surface area (Å²) in [5.41, 5.74) is 0. The van der Waals surface area contributed by atoms with Gasteiger partial charge in [-0.05, 0) is 44.6 Å². The van der Waals surface area contributed by atoms with Crippen molar-refractivity contribution in [1.82, 2.24) is 10.6 Å². The first-order chi connectivity index (χ1) is 9.35. The third kappa shape index (κ3) is 4.19. The van der Waals surface area contributed by atoms with E-state index < -0.39 is 0 Å². The highest BCUT2D eigenvalue weighted by atomic mass is 15.0. The van der Waals surface area contributed by atoms with Gasteiger partial charge in [-0.3, -0.25) is 0 Å². The Balaban J connectivity index is 1.92. The predicted molar refractivity (Wildman–Crippen MR) is 78.8 cm³/mol. The van der Waals surface area contributed by atoms with Gasteiger partial charge in [0.25, 0.3) is 0 Å². The summed E-state index contributed by atoms with van der Waals surface area (Å²) in [6.07, 6.45) is 11.2. The Labute approximate surface area is 118 Å². The van der Waals surface area contributed by atoms with E-state index in [1.807, 2.05) is 0 Å². The first kappa shape index (κ1) is 14.8. The Morgan fingerprint density at radius 2 is 2.00 bits per heavy atom. The van der Waals surface area contributed by atoms with Gasteiger partial charge < -0.3 is 10.6 Å². The highest BCUT2D eigenvalue weighted by Crippen LogP contribution is 2.31. The van der Waals surface area contributed by atoms with Crippen LogP contribution < -0.4 is 10.6 Å². The monoisotopic (exact) mass is 263 g/mol. The van der Waals surface area contributed by atoms with Crippen LogP contribution in [-0.4, -0.2) is 24.7 Å². The fourth-order valence-corrected chi connectivity index (χ4v) is 3.83. The highest BCUT2D eigenvalue weighted by molar-refractivity contribution is 4.93. The maximum Gasteiger partial charge on any atom is 0.0638 e. The first-order valence-electron chi connectivity index (χ1n) is 8.21. The Kier molecular flexibility index (Phi) is 6.13. The molecule has 0 aromatic heterocycles. The number of nitrogens with zero attached hydrogens (tertiary/aromatic N) is 1. The van der Waals surface area contributed by atoms with Crippen molar-refractivity contribution in [2.45, 2.75) is 82.8 Å². The maximum atomic E-state index is 8.91. The van der Waals surface area contributed by atoms with Crippen LogP contribution in [0.5, 0.6) is 0 Å². The van der Waals surface area contributed by atoms with Crippen LogP contribution in [0, 0.1) is 17.2 Å². The normalized spacial score (nSPS) is 33.6. The molecule has 2 N–H and O–H groups in total. The summed E-state index contributed by atoms with van der Waals surface area (Å²) in [7, 11) is 0. The van der Waals surface area contributed by atoms with E-state index in [-0.39, 0.29) is 0 Å². The molecule has 0 amide bonds. The minimum absolute atomic E-state index is 0.388. The van der Waals surface area contributed by atoms with Crippen molar-refractivity contribution >= 4 is 0 Å². The van der Waals surface area contributed by atoms with Gasteiger partial charge in [0.15, 0.2) is 0 Å². The van der Waals surface area contributed by atoms with Crippen molar-refractivity contribution in [3.05, 3.63) is 0 Å². The molecule has 4 atom stereocenters. The minimum Gasteiger partial charge on any atom is -0.314 e. The standard InChI is InChI=1S/C16H29N3/c1-2-13(10-11-17)19-16-9-4-3-7-14(16)15-8-5-6-12-18-15/h13-16,18-19H,2-10,12H2,1H3. The summed E-state index contributed by atoms with van der Waals surface area (Å²) in [6, 6.07) is 4.05. The van der Waals surface area contributed by atoms with Gasteiger partial charge in [0.1, 0.15) is 0 Å². The molecule has 1 saturated carbocycles. The lowest BCUT2D eigenvalue weighted by molar-refractivity contribution is 0.171. The minimum atomic E-state index is 0.388. The van der Waals surface area contributed by atoms with Crippen LogP contribution in [0.4, 0.5) is 0 Å². The summed E-state index contributed by atoms with van der Waals surface area (Å²) in [5, 5.41) is 16.4. The maximum absolute atomic E-state index is 8.91. The molecule has 19 heavy (non-hydrogen) atoms. The molecule has 3 nitrogen and oxygen atoms in total. The van der Waals surface area contributed by atoms with E-state index in [0.29, 0.717) is 24.5 Å². The Hall–Kier alpha value is -0.590. The van der Waals surface area contributed by atoms with Gasteiger partial charge in [0, 0.05) is 18.1 Å². The van der Waals surface area contributed by atoms with Crippen LogP contribution in [0.25, 0.3) is 0 Å². The van der Waals surface area contributed by atoms with E-state index >= 15 is 0 Å². The van der Waals surface area contributed by atoms with Crippen LogP contribution >= 0.6 is 0 Å². The third-order valence-electron chi connectivity index (χ3n) is 4.96. The summed E-state index contributed by atoms with van der Waals surface area (Å²) < 4.78 is 0. The van der Waals surface area contributed by atoms with Crippen molar-refractivity contribution in [1.29, 1.82) is 5.26 Å². The smallest absolute Gasteiger partial charge is 0.0638 e. The fourth-order valence-electron chi connectivity index (χ4n) is 3.83. The van der Waals surface area contributed by atoms with E-state index in [4.69, 9.17) is 5.26 Å².